The number of nitrogens with zero attached hydrogens (tertiary/aromatic N) is 1. The molecule has 0 spiro atoms. The summed E-state index contributed by atoms with van der Waals surface area (Å²) in [5, 5.41) is 3.39. The number of hydrogen-bond acceptors (Lipinski definition) is 3. The molecule has 2 aromatic heterocycles. The van der Waals surface area contributed by atoms with Crippen molar-refractivity contribution in [3.63, 3.8) is 0 Å². The maximum atomic E-state index is 4.26. The molecule has 0 saturated carbocycles. The van der Waals surface area contributed by atoms with Crippen LogP contribution in [0.25, 0.3) is 0 Å². The van der Waals surface area contributed by atoms with E-state index in [4.69, 9.17) is 0 Å². The minimum atomic E-state index is 0. The van der Waals surface area contributed by atoms with Crippen LogP contribution in [-0.2, 0) is 13.0 Å². The summed E-state index contributed by atoms with van der Waals surface area (Å²) in [6.45, 7) is 1.83. The molecule has 2 aromatic rings. The van der Waals surface area contributed by atoms with Crippen LogP contribution in [0, 0.1) is 0 Å². The summed E-state index contributed by atoms with van der Waals surface area (Å²) in [7, 11) is 0. The van der Waals surface area contributed by atoms with Crippen LogP contribution >= 0.6 is 39.7 Å². The van der Waals surface area contributed by atoms with Gasteiger partial charge in [-0.15, -0.1) is 23.7 Å². The van der Waals surface area contributed by atoms with Gasteiger partial charge in [-0.1, -0.05) is 6.07 Å². The lowest BCUT2D eigenvalue weighted by molar-refractivity contribution is 0.678. The second kappa shape index (κ2) is 7.82. The first-order valence-electron chi connectivity index (χ1n) is 5.19. The SMILES string of the molecule is Brc1ccc(CCNCc2ccccn2)s1.Cl. The van der Waals surface area contributed by atoms with Gasteiger partial charge in [0.15, 0.2) is 0 Å². The molecular weight excluding hydrogens is 320 g/mol. The lowest BCUT2D eigenvalue weighted by Gasteiger charge is -2.02. The summed E-state index contributed by atoms with van der Waals surface area (Å²) in [5.41, 5.74) is 1.09. The van der Waals surface area contributed by atoms with E-state index in [9.17, 15) is 0 Å². The van der Waals surface area contributed by atoms with Crippen molar-refractivity contribution in [1.82, 2.24) is 10.3 Å². The Morgan fingerprint density at radius 3 is 2.76 bits per heavy atom. The Morgan fingerprint density at radius 1 is 1.24 bits per heavy atom. The number of nitrogens with one attached hydrogen (secondary N) is 1. The summed E-state index contributed by atoms with van der Waals surface area (Å²) < 4.78 is 1.20. The first-order chi connectivity index (χ1) is 7.84. The van der Waals surface area contributed by atoms with Crippen LogP contribution in [0.1, 0.15) is 10.6 Å². The minimum Gasteiger partial charge on any atom is -0.311 e. The average Bonchev–Trinajstić information content (AvgIpc) is 2.72. The number of aromatic nitrogens is 1. The third kappa shape index (κ3) is 5.17. The molecule has 0 aliphatic heterocycles. The Bertz CT molecular complexity index is 433. The van der Waals surface area contributed by atoms with Gasteiger partial charge in [0.2, 0.25) is 0 Å². The molecule has 0 aliphatic carbocycles. The molecule has 17 heavy (non-hydrogen) atoms. The highest BCUT2D eigenvalue weighted by Gasteiger charge is 1.97. The normalized spacial score (nSPS) is 9.94. The lowest BCUT2D eigenvalue weighted by atomic mass is 10.3. The predicted molar refractivity (Wildman–Crippen MR) is 78.9 cm³/mol. The van der Waals surface area contributed by atoms with E-state index in [2.05, 4.69) is 38.4 Å². The Balaban J connectivity index is 0.00000144. The maximum Gasteiger partial charge on any atom is 0.0701 e. The van der Waals surface area contributed by atoms with Crippen molar-refractivity contribution in [2.45, 2.75) is 13.0 Å². The second-order valence-electron chi connectivity index (χ2n) is 3.45. The van der Waals surface area contributed by atoms with Crippen LogP contribution in [0.15, 0.2) is 40.3 Å². The summed E-state index contributed by atoms with van der Waals surface area (Å²) >= 11 is 5.26. The highest BCUT2D eigenvalue weighted by atomic mass is 79.9. The van der Waals surface area contributed by atoms with Crippen molar-refractivity contribution in [2.24, 2.45) is 0 Å². The Labute approximate surface area is 120 Å². The predicted octanol–water partition coefficient (Wildman–Crippen LogP) is 3.66. The summed E-state index contributed by atoms with van der Waals surface area (Å²) in [5.74, 6) is 0. The van der Waals surface area contributed by atoms with E-state index in [0.29, 0.717) is 0 Å². The fourth-order valence-corrected chi connectivity index (χ4v) is 2.90. The number of rotatable bonds is 5. The van der Waals surface area contributed by atoms with Gasteiger partial charge in [0, 0.05) is 24.2 Å². The molecule has 0 saturated heterocycles. The molecule has 92 valence electrons. The topological polar surface area (TPSA) is 24.9 Å². The van der Waals surface area contributed by atoms with Crippen molar-refractivity contribution < 1.29 is 0 Å². The molecule has 0 unspecified atom stereocenters. The smallest absolute Gasteiger partial charge is 0.0701 e. The van der Waals surface area contributed by atoms with Gasteiger partial charge in [-0.2, -0.15) is 0 Å². The second-order valence-corrected chi connectivity index (χ2v) is 6.00. The van der Waals surface area contributed by atoms with E-state index < -0.39 is 0 Å². The molecule has 2 nitrogen and oxygen atoms in total. The van der Waals surface area contributed by atoms with Gasteiger partial charge in [-0.3, -0.25) is 4.98 Å². The lowest BCUT2D eigenvalue weighted by Crippen LogP contribution is -2.16. The highest BCUT2D eigenvalue weighted by molar-refractivity contribution is 9.11. The van der Waals surface area contributed by atoms with Crippen molar-refractivity contribution in [3.05, 3.63) is 50.9 Å². The van der Waals surface area contributed by atoms with Crippen LogP contribution < -0.4 is 5.32 Å². The maximum absolute atomic E-state index is 4.26. The first-order valence-corrected chi connectivity index (χ1v) is 6.80. The fourth-order valence-electron chi connectivity index (χ4n) is 1.42. The average molecular weight is 334 g/mol. The van der Waals surface area contributed by atoms with Crippen molar-refractivity contribution in [1.29, 1.82) is 0 Å². The molecule has 0 atom stereocenters. The zero-order chi connectivity index (χ0) is 11.2. The van der Waals surface area contributed by atoms with Crippen LogP contribution in [0.2, 0.25) is 0 Å². The van der Waals surface area contributed by atoms with E-state index >= 15 is 0 Å². The quantitative estimate of drug-likeness (QED) is 0.845. The molecule has 0 aliphatic rings. The third-order valence-electron chi connectivity index (χ3n) is 2.21. The zero-order valence-corrected chi connectivity index (χ0v) is 12.4. The first kappa shape index (κ1) is 14.6. The molecule has 0 amide bonds. The van der Waals surface area contributed by atoms with Gasteiger partial charge in [-0.25, -0.2) is 0 Å². The third-order valence-corrected chi connectivity index (χ3v) is 3.89. The molecule has 1 N–H and O–H groups in total. The highest BCUT2D eigenvalue weighted by Crippen LogP contribution is 2.21. The molecule has 0 fully saturated rings. The molecular formula is C12H14BrClN2S. The number of halogens is 2. The van der Waals surface area contributed by atoms with E-state index in [1.807, 2.05) is 24.4 Å². The van der Waals surface area contributed by atoms with Crippen molar-refractivity contribution in [2.75, 3.05) is 6.54 Å². The Kier molecular flexibility index (Phi) is 6.73. The van der Waals surface area contributed by atoms with Gasteiger partial charge in [-0.05, 0) is 46.6 Å². The van der Waals surface area contributed by atoms with Crippen LogP contribution in [0.5, 0.6) is 0 Å². The zero-order valence-electron chi connectivity index (χ0n) is 9.23. The molecule has 2 heterocycles. The number of hydrogen-bond donors (Lipinski definition) is 1. The van der Waals surface area contributed by atoms with Crippen LogP contribution in [-0.4, -0.2) is 11.5 Å². The van der Waals surface area contributed by atoms with Gasteiger partial charge in [0.1, 0.15) is 0 Å². The van der Waals surface area contributed by atoms with E-state index in [1.165, 1.54) is 8.66 Å². The largest absolute Gasteiger partial charge is 0.311 e. The van der Waals surface area contributed by atoms with E-state index in [1.54, 1.807) is 11.3 Å². The van der Waals surface area contributed by atoms with Crippen molar-refractivity contribution >= 4 is 39.7 Å². The van der Waals surface area contributed by atoms with Crippen LogP contribution in [0.4, 0.5) is 0 Å². The summed E-state index contributed by atoms with van der Waals surface area (Å²) in [6, 6.07) is 10.2. The molecule has 0 aromatic carbocycles. The number of pyridine rings is 1. The monoisotopic (exact) mass is 332 g/mol. The minimum absolute atomic E-state index is 0. The molecule has 5 heteroatoms. The Hall–Kier alpha value is -0.420. The van der Waals surface area contributed by atoms with Gasteiger partial charge < -0.3 is 5.32 Å². The van der Waals surface area contributed by atoms with Gasteiger partial charge in [0.05, 0.1) is 9.48 Å². The standard InChI is InChI=1S/C12H13BrN2S.ClH/c13-12-5-4-11(16-12)6-8-14-9-10-3-1-2-7-15-10;/h1-5,7,14H,6,8-9H2;1H. The van der Waals surface area contributed by atoms with Gasteiger partial charge >= 0.3 is 0 Å². The summed E-state index contributed by atoms with van der Waals surface area (Å²) in [6.07, 6.45) is 2.90. The number of thiophene rings is 1. The molecule has 0 bridgehead atoms. The van der Waals surface area contributed by atoms with E-state index in [0.717, 1.165) is 25.2 Å². The molecule has 2 rings (SSSR count). The molecule has 0 radical (unpaired) electrons. The fraction of sp³-hybridized carbons (Fsp3) is 0.250. The summed E-state index contributed by atoms with van der Waals surface area (Å²) in [4.78, 5) is 5.66. The van der Waals surface area contributed by atoms with Crippen LogP contribution in [0.3, 0.4) is 0 Å². The Morgan fingerprint density at radius 2 is 2.12 bits per heavy atom. The van der Waals surface area contributed by atoms with Gasteiger partial charge in [0.25, 0.3) is 0 Å². The van der Waals surface area contributed by atoms with E-state index in [-0.39, 0.29) is 12.4 Å². The van der Waals surface area contributed by atoms with Crippen molar-refractivity contribution in [3.8, 4) is 0 Å².